The first kappa shape index (κ1) is 18.5. The third-order valence-electron chi connectivity index (χ3n) is 4.91. The van der Waals surface area contributed by atoms with Crippen LogP contribution in [0.5, 0.6) is 0 Å². The predicted octanol–water partition coefficient (Wildman–Crippen LogP) is 1.81. The molecule has 3 heterocycles. The number of carbonyl (C=O) groups excluding carboxylic acids is 1. The van der Waals surface area contributed by atoms with E-state index in [1.165, 1.54) is 36.4 Å². The van der Waals surface area contributed by atoms with Gasteiger partial charge in [-0.25, -0.2) is 4.39 Å². The first-order valence-electron chi connectivity index (χ1n) is 8.52. The third-order valence-corrected chi connectivity index (χ3v) is 4.91. The van der Waals surface area contributed by atoms with Gasteiger partial charge in [-0.3, -0.25) is 9.59 Å². The lowest BCUT2D eigenvalue weighted by Gasteiger charge is -2.29. The van der Waals surface area contributed by atoms with Crippen LogP contribution in [0.25, 0.3) is 5.69 Å². The molecule has 0 saturated carbocycles. The maximum Gasteiger partial charge on any atom is 0.271 e. The molecule has 2 N–H and O–H groups in total. The molecule has 2 fully saturated rings. The van der Waals surface area contributed by atoms with Crippen molar-refractivity contribution in [3.05, 3.63) is 58.3 Å². The van der Waals surface area contributed by atoms with Gasteiger partial charge in [-0.2, -0.15) is 9.78 Å². The number of fused-ring (bicyclic) bond motifs is 2. The van der Waals surface area contributed by atoms with Crippen LogP contribution in [0.3, 0.4) is 0 Å². The molecule has 1 aromatic carbocycles. The van der Waals surface area contributed by atoms with E-state index >= 15 is 0 Å². The summed E-state index contributed by atoms with van der Waals surface area (Å²) >= 11 is 0. The highest BCUT2D eigenvalue weighted by molar-refractivity contribution is 5.92. The molecule has 4 rings (SSSR count). The molecule has 2 atom stereocenters. The topological polar surface area (TPSA) is 76.0 Å². The molecule has 0 radical (unpaired) electrons. The molecule has 138 valence electrons. The van der Waals surface area contributed by atoms with Crippen LogP contribution in [-0.4, -0.2) is 33.8 Å². The Morgan fingerprint density at radius 2 is 1.77 bits per heavy atom. The van der Waals surface area contributed by atoms with E-state index in [2.05, 4.69) is 15.7 Å². The molecular formula is C18H20ClFN4O2. The van der Waals surface area contributed by atoms with Crippen LogP contribution >= 0.6 is 12.4 Å². The van der Waals surface area contributed by atoms with Gasteiger partial charge in [0.25, 0.3) is 11.5 Å². The molecule has 2 unspecified atom stereocenters. The minimum Gasteiger partial charge on any atom is -0.348 e. The molecule has 2 aliphatic heterocycles. The van der Waals surface area contributed by atoms with Crippen molar-refractivity contribution in [3.63, 3.8) is 0 Å². The summed E-state index contributed by atoms with van der Waals surface area (Å²) in [5, 5.41) is 10.7. The summed E-state index contributed by atoms with van der Waals surface area (Å²) in [5.74, 6) is -0.687. The highest BCUT2D eigenvalue weighted by Crippen LogP contribution is 2.26. The molecular weight excluding hydrogens is 359 g/mol. The molecule has 2 saturated heterocycles. The van der Waals surface area contributed by atoms with Crippen molar-refractivity contribution >= 4 is 18.3 Å². The number of aromatic nitrogens is 2. The van der Waals surface area contributed by atoms with Gasteiger partial charge < -0.3 is 10.6 Å². The lowest BCUT2D eigenvalue weighted by Crippen LogP contribution is -2.48. The first-order valence-corrected chi connectivity index (χ1v) is 8.52. The van der Waals surface area contributed by atoms with Crippen molar-refractivity contribution in [1.82, 2.24) is 20.4 Å². The van der Waals surface area contributed by atoms with Gasteiger partial charge >= 0.3 is 0 Å². The molecule has 2 bridgehead atoms. The predicted molar refractivity (Wildman–Crippen MR) is 97.5 cm³/mol. The largest absolute Gasteiger partial charge is 0.348 e. The number of benzene rings is 1. The Balaban J connectivity index is 0.00000196. The van der Waals surface area contributed by atoms with Crippen LogP contribution in [0, 0.1) is 5.82 Å². The van der Waals surface area contributed by atoms with Crippen LogP contribution in [0.2, 0.25) is 0 Å². The summed E-state index contributed by atoms with van der Waals surface area (Å²) in [6.07, 6.45) is 4.15. The van der Waals surface area contributed by atoms with E-state index < -0.39 is 5.82 Å². The van der Waals surface area contributed by atoms with E-state index in [1.54, 1.807) is 0 Å². The highest BCUT2D eigenvalue weighted by atomic mass is 35.5. The maximum atomic E-state index is 13.1. The molecule has 0 spiro atoms. The van der Waals surface area contributed by atoms with Crippen molar-refractivity contribution in [2.24, 2.45) is 0 Å². The van der Waals surface area contributed by atoms with Crippen molar-refractivity contribution in [3.8, 4) is 5.69 Å². The molecule has 6 nitrogen and oxygen atoms in total. The lowest BCUT2D eigenvalue weighted by molar-refractivity contribution is 0.0917. The highest BCUT2D eigenvalue weighted by Gasteiger charge is 2.34. The Bertz CT molecular complexity index is 843. The normalized spacial score (nSPS) is 24.0. The van der Waals surface area contributed by atoms with Crippen LogP contribution in [-0.2, 0) is 0 Å². The zero-order valence-corrected chi connectivity index (χ0v) is 14.8. The third kappa shape index (κ3) is 3.78. The van der Waals surface area contributed by atoms with E-state index in [0.29, 0.717) is 17.8 Å². The number of hydrogen-bond acceptors (Lipinski definition) is 4. The Morgan fingerprint density at radius 3 is 2.42 bits per heavy atom. The van der Waals surface area contributed by atoms with Gasteiger partial charge in [0.05, 0.1) is 5.69 Å². The van der Waals surface area contributed by atoms with E-state index in [-0.39, 0.29) is 35.6 Å². The number of carbonyl (C=O) groups is 1. The Labute approximate surface area is 156 Å². The Kier molecular flexibility index (Phi) is 5.38. The number of nitrogens with one attached hydrogen (secondary N) is 2. The minimum absolute atomic E-state index is 0. The molecule has 8 heteroatoms. The summed E-state index contributed by atoms with van der Waals surface area (Å²) in [5.41, 5.74) is 0.221. The number of hydrogen-bond donors (Lipinski definition) is 2. The van der Waals surface area contributed by atoms with Gasteiger partial charge in [-0.05, 0) is 56.0 Å². The lowest BCUT2D eigenvalue weighted by atomic mass is 10.00. The van der Waals surface area contributed by atoms with Gasteiger partial charge in [0.15, 0.2) is 0 Å². The fourth-order valence-electron chi connectivity index (χ4n) is 3.73. The first-order chi connectivity index (χ1) is 12.1. The minimum atomic E-state index is -0.397. The SMILES string of the molecule is Cl.O=C(NC1CC2CCC(C1)N2)c1ccc(=O)n(-c2ccc(F)cc2)n1. The van der Waals surface area contributed by atoms with E-state index in [1.807, 2.05) is 0 Å². The van der Waals surface area contributed by atoms with Gasteiger partial charge in [-0.15, -0.1) is 12.4 Å². The number of nitrogens with zero attached hydrogens (tertiary/aromatic N) is 2. The molecule has 26 heavy (non-hydrogen) atoms. The summed E-state index contributed by atoms with van der Waals surface area (Å²) < 4.78 is 14.2. The standard InChI is InChI=1S/C18H19FN4O2.ClH/c19-11-1-5-15(6-2-11)23-17(24)8-7-16(22-23)18(25)21-14-9-12-3-4-13(10-14)20-12;/h1-2,5-8,12-14,20H,3-4,9-10H2,(H,21,25);1H. The van der Waals surface area contributed by atoms with Crippen LogP contribution in [0.4, 0.5) is 4.39 Å². The molecule has 0 aliphatic carbocycles. The smallest absolute Gasteiger partial charge is 0.271 e. The number of amides is 1. The summed E-state index contributed by atoms with van der Waals surface area (Å²) in [6.45, 7) is 0. The van der Waals surface area contributed by atoms with Crippen LogP contribution in [0.1, 0.15) is 36.2 Å². The molecule has 1 amide bonds. The fraction of sp³-hybridized carbons (Fsp3) is 0.389. The average molecular weight is 379 g/mol. The Hall–Kier alpha value is -2.25. The summed E-state index contributed by atoms with van der Waals surface area (Å²) in [7, 11) is 0. The number of rotatable bonds is 3. The van der Waals surface area contributed by atoms with Gasteiger partial charge in [0, 0.05) is 24.2 Å². The van der Waals surface area contributed by atoms with Crippen LogP contribution < -0.4 is 16.2 Å². The molecule has 2 aromatic rings. The number of halogens is 2. The van der Waals surface area contributed by atoms with Gasteiger partial charge in [0.2, 0.25) is 0 Å². The second-order valence-electron chi connectivity index (χ2n) is 6.72. The van der Waals surface area contributed by atoms with E-state index in [9.17, 15) is 14.0 Å². The second-order valence-corrected chi connectivity index (χ2v) is 6.72. The summed E-state index contributed by atoms with van der Waals surface area (Å²) in [4.78, 5) is 24.6. The zero-order chi connectivity index (χ0) is 17.4. The van der Waals surface area contributed by atoms with Gasteiger partial charge in [0.1, 0.15) is 11.5 Å². The quantitative estimate of drug-likeness (QED) is 0.854. The van der Waals surface area contributed by atoms with E-state index in [0.717, 1.165) is 30.4 Å². The maximum absolute atomic E-state index is 13.1. The zero-order valence-electron chi connectivity index (χ0n) is 14.0. The van der Waals surface area contributed by atoms with E-state index in [4.69, 9.17) is 0 Å². The monoisotopic (exact) mass is 378 g/mol. The molecule has 2 aliphatic rings. The van der Waals surface area contributed by atoms with Crippen molar-refractivity contribution in [2.75, 3.05) is 0 Å². The van der Waals surface area contributed by atoms with Crippen LogP contribution in [0.15, 0.2) is 41.2 Å². The summed E-state index contributed by atoms with van der Waals surface area (Å²) in [6, 6.07) is 9.22. The van der Waals surface area contributed by atoms with Crippen molar-refractivity contribution < 1.29 is 9.18 Å². The second kappa shape index (κ2) is 7.55. The number of piperidine rings is 1. The Morgan fingerprint density at radius 1 is 1.12 bits per heavy atom. The molecule has 1 aromatic heterocycles. The van der Waals surface area contributed by atoms with Gasteiger partial charge in [-0.1, -0.05) is 0 Å². The fourth-order valence-corrected chi connectivity index (χ4v) is 3.73. The average Bonchev–Trinajstić information content (AvgIpc) is 2.94. The van der Waals surface area contributed by atoms with Crippen molar-refractivity contribution in [1.29, 1.82) is 0 Å². The van der Waals surface area contributed by atoms with Crippen molar-refractivity contribution in [2.45, 2.75) is 43.8 Å².